The molecular weight excluding hydrogens is 201 g/mol. The van der Waals surface area contributed by atoms with Crippen LogP contribution in [0, 0.1) is 11.7 Å². The summed E-state index contributed by atoms with van der Waals surface area (Å²) < 4.78 is 13.8. The van der Waals surface area contributed by atoms with E-state index in [0.29, 0.717) is 12.0 Å². The lowest BCUT2D eigenvalue weighted by Gasteiger charge is -2.24. The second-order valence-electron chi connectivity index (χ2n) is 5.08. The van der Waals surface area contributed by atoms with Gasteiger partial charge in [0.05, 0.1) is 0 Å². The molecule has 1 nitrogen and oxygen atoms in total. The number of hydrogen-bond acceptors (Lipinski definition) is 1. The van der Waals surface area contributed by atoms with Gasteiger partial charge in [-0.25, -0.2) is 4.39 Å². The van der Waals surface area contributed by atoms with Crippen LogP contribution >= 0.6 is 0 Å². The van der Waals surface area contributed by atoms with Gasteiger partial charge >= 0.3 is 0 Å². The average Bonchev–Trinajstić information content (AvgIpc) is 2.19. The van der Waals surface area contributed by atoms with Crippen LogP contribution in [-0.2, 0) is 6.42 Å². The standard InChI is InChI=1S/C14H22FN/c1-10(2)8-12-6-7-13(9-14(12)15)16(5)11(3)4/h6-7,9-11H,8H2,1-5H3. The first kappa shape index (κ1) is 13.0. The minimum Gasteiger partial charge on any atom is -0.372 e. The average molecular weight is 223 g/mol. The molecule has 0 bridgehead atoms. The number of halogens is 1. The van der Waals surface area contributed by atoms with Gasteiger partial charge in [0, 0.05) is 18.8 Å². The largest absolute Gasteiger partial charge is 0.372 e. The molecule has 1 rings (SSSR count). The van der Waals surface area contributed by atoms with Crippen LogP contribution in [0.4, 0.5) is 10.1 Å². The van der Waals surface area contributed by atoms with Crippen LogP contribution in [0.2, 0.25) is 0 Å². The van der Waals surface area contributed by atoms with Gasteiger partial charge in [-0.15, -0.1) is 0 Å². The molecule has 1 aromatic rings. The third kappa shape index (κ3) is 3.22. The maximum Gasteiger partial charge on any atom is 0.128 e. The maximum absolute atomic E-state index is 13.8. The Balaban J connectivity index is 2.90. The van der Waals surface area contributed by atoms with E-state index < -0.39 is 0 Å². The molecule has 2 heteroatoms. The van der Waals surface area contributed by atoms with Crippen molar-refractivity contribution in [2.75, 3.05) is 11.9 Å². The van der Waals surface area contributed by atoms with E-state index in [9.17, 15) is 4.39 Å². The highest BCUT2D eigenvalue weighted by Crippen LogP contribution is 2.21. The zero-order chi connectivity index (χ0) is 12.3. The van der Waals surface area contributed by atoms with Gasteiger partial charge < -0.3 is 4.90 Å². The molecule has 0 aromatic heterocycles. The summed E-state index contributed by atoms with van der Waals surface area (Å²) >= 11 is 0. The SMILES string of the molecule is CC(C)Cc1ccc(N(C)C(C)C)cc1F. The van der Waals surface area contributed by atoms with Crippen LogP contribution in [-0.4, -0.2) is 13.1 Å². The molecule has 0 aliphatic heterocycles. The Morgan fingerprint density at radius 1 is 1.19 bits per heavy atom. The van der Waals surface area contributed by atoms with E-state index in [4.69, 9.17) is 0 Å². The van der Waals surface area contributed by atoms with E-state index in [1.165, 1.54) is 0 Å². The second-order valence-corrected chi connectivity index (χ2v) is 5.08. The first-order valence-corrected chi connectivity index (χ1v) is 5.93. The van der Waals surface area contributed by atoms with Gasteiger partial charge in [0.15, 0.2) is 0 Å². The third-order valence-electron chi connectivity index (χ3n) is 2.85. The summed E-state index contributed by atoms with van der Waals surface area (Å²) in [6, 6.07) is 5.93. The van der Waals surface area contributed by atoms with Gasteiger partial charge in [-0.3, -0.25) is 0 Å². The van der Waals surface area contributed by atoms with Gasteiger partial charge in [-0.1, -0.05) is 19.9 Å². The van der Waals surface area contributed by atoms with Crippen molar-refractivity contribution >= 4 is 5.69 Å². The van der Waals surface area contributed by atoms with Crippen LogP contribution in [0.25, 0.3) is 0 Å². The summed E-state index contributed by atoms with van der Waals surface area (Å²) in [7, 11) is 1.99. The van der Waals surface area contributed by atoms with Crippen LogP contribution in [0.15, 0.2) is 18.2 Å². The van der Waals surface area contributed by atoms with Crippen molar-refractivity contribution in [2.24, 2.45) is 5.92 Å². The molecule has 0 saturated heterocycles. The van der Waals surface area contributed by atoms with Gasteiger partial charge in [-0.05, 0) is 43.9 Å². The van der Waals surface area contributed by atoms with Crippen molar-refractivity contribution in [3.8, 4) is 0 Å². The van der Waals surface area contributed by atoms with Crippen molar-refractivity contribution in [1.29, 1.82) is 0 Å². The summed E-state index contributed by atoms with van der Waals surface area (Å²) in [5.41, 5.74) is 1.76. The molecular formula is C14H22FN. The first-order chi connectivity index (χ1) is 7.41. The number of nitrogens with zero attached hydrogens (tertiary/aromatic N) is 1. The normalized spacial score (nSPS) is 11.2. The molecule has 90 valence electrons. The summed E-state index contributed by atoms with van der Waals surface area (Å²) in [6.45, 7) is 8.40. The molecule has 0 aliphatic rings. The lowest BCUT2D eigenvalue weighted by molar-refractivity contribution is 0.573. The number of benzene rings is 1. The third-order valence-corrected chi connectivity index (χ3v) is 2.85. The molecule has 0 radical (unpaired) electrons. The van der Waals surface area contributed by atoms with E-state index in [1.807, 2.05) is 19.2 Å². The molecule has 1 aromatic carbocycles. The molecule has 0 unspecified atom stereocenters. The Bertz CT molecular complexity index is 345. The van der Waals surface area contributed by atoms with Gasteiger partial charge in [0.1, 0.15) is 5.82 Å². The maximum atomic E-state index is 13.8. The van der Waals surface area contributed by atoms with Crippen LogP contribution in [0.1, 0.15) is 33.3 Å². The van der Waals surface area contributed by atoms with E-state index in [-0.39, 0.29) is 5.82 Å². The fourth-order valence-electron chi connectivity index (χ4n) is 1.66. The summed E-state index contributed by atoms with van der Waals surface area (Å²) in [6.07, 6.45) is 0.803. The van der Waals surface area contributed by atoms with E-state index in [1.54, 1.807) is 6.07 Å². The number of hydrogen-bond donors (Lipinski definition) is 0. The van der Waals surface area contributed by atoms with Crippen LogP contribution in [0.3, 0.4) is 0 Å². The van der Waals surface area contributed by atoms with Crippen molar-refractivity contribution in [3.63, 3.8) is 0 Å². The summed E-state index contributed by atoms with van der Waals surface area (Å²) in [5, 5.41) is 0. The summed E-state index contributed by atoms with van der Waals surface area (Å²) in [4.78, 5) is 2.07. The molecule has 0 spiro atoms. The van der Waals surface area contributed by atoms with Crippen molar-refractivity contribution in [3.05, 3.63) is 29.6 Å². The smallest absolute Gasteiger partial charge is 0.128 e. The topological polar surface area (TPSA) is 3.24 Å². The fourth-order valence-corrected chi connectivity index (χ4v) is 1.66. The lowest BCUT2D eigenvalue weighted by atomic mass is 10.0. The minimum absolute atomic E-state index is 0.0845. The molecule has 0 atom stereocenters. The molecule has 16 heavy (non-hydrogen) atoms. The molecule has 0 amide bonds. The van der Waals surface area contributed by atoms with E-state index in [0.717, 1.165) is 17.7 Å². The zero-order valence-corrected chi connectivity index (χ0v) is 10.9. The number of rotatable bonds is 4. The highest BCUT2D eigenvalue weighted by atomic mass is 19.1. The molecule has 0 fully saturated rings. The van der Waals surface area contributed by atoms with Crippen LogP contribution in [0.5, 0.6) is 0 Å². The van der Waals surface area contributed by atoms with Crippen molar-refractivity contribution in [2.45, 2.75) is 40.2 Å². The Kier molecular flexibility index (Phi) is 4.34. The second kappa shape index (κ2) is 5.33. The van der Waals surface area contributed by atoms with Gasteiger partial charge in [0.25, 0.3) is 0 Å². The quantitative estimate of drug-likeness (QED) is 0.749. The Labute approximate surface area is 98.3 Å². The first-order valence-electron chi connectivity index (χ1n) is 5.93. The van der Waals surface area contributed by atoms with Crippen molar-refractivity contribution in [1.82, 2.24) is 0 Å². The Morgan fingerprint density at radius 3 is 2.25 bits per heavy atom. The van der Waals surface area contributed by atoms with Gasteiger partial charge in [0.2, 0.25) is 0 Å². The predicted octanol–water partition coefficient (Wildman–Crippen LogP) is 3.87. The Hall–Kier alpha value is -1.05. The Morgan fingerprint density at radius 2 is 1.81 bits per heavy atom. The molecule has 0 aliphatic carbocycles. The zero-order valence-electron chi connectivity index (χ0n) is 10.9. The highest BCUT2D eigenvalue weighted by Gasteiger charge is 2.09. The predicted molar refractivity (Wildman–Crippen MR) is 68.5 cm³/mol. The highest BCUT2D eigenvalue weighted by molar-refractivity contribution is 5.48. The molecule has 0 heterocycles. The number of anilines is 1. The minimum atomic E-state index is -0.0845. The monoisotopic (exact) mass is 223 g/mol. The molecule has 0 N–H and O–H groups in total. The fraction of sp³-hybridized carbons (Fsp3) is 0.571. The summed E-state index contributed by atoms with van der Waals surface area (Å²) in [5.74, 6) is 0.405. The van der Waals surface area contributed by atoms with E-state index in [2.05, 4.69) is 32.6 Å². The van der Waals surface area contributed by atoms with Gasteiger partial charge in [-0.2, -0.15) is 0 Å². The molecule has 0 saturated carbocycles. The van der Waals surface area contributed by atoms with Crippen LogP contribution < -0.4 is 4.90 Å². The van der Waals surface area contributed by atoms with Crippen molar-refractivity contribution < 1.29 is 4.39 Å². The van der Waals surface area contributed by atoms with E-state index >= 15 is 0 Å². The lowest BCUT2D eigenvalue weighted by Crippen LogP contribution is -2.25.